The molecule has 0 saturated heterocycles. The molecular weight excluding hydrogens is 276 g/mol. The zero-order valence-electron chi connectivity index (χ0n) is 11.0. The molecule has 1 heterocycles. The molecule has 2 N–H and O–H groups in total. The average molecular weight is 291 g/mol. The van der Waals surface area contributed by atoms with Gasteiger partial charge in [-0.1, -0.05) is 23.7 Å². The van der Waals surface area contributed by atoms with Crippen LogP contribution in [0, 0.1) is 6.92 Å². The van der Waals surface area contributed by atoms with Crippen LogP contribution in [-0.4, -0.2) is 21.4 Å². The lowest BCUT2D eigenvalue weighted by Crippen LogP contribution is -1.98. The standard InChI is InChI=1S/C15H15ClN2O2/c1-10-15(20)14(12(9-19)7-18-10)8-17-6-11-3-2-4-13(16)5-11/h2-5,7-8,19-20H,6,9H2,1H3. The van der Waals surface area contributed by atoms with E-state index >= 15 is 0 Å². The van der Waals surface area contributed by atoms with Crippen LogP contribution >= 0.6 is 11.6 Å². The summed E-state index contributed by atoms with van der Waals surface area (Å²) in [6.07, 6.45) is 3.09. The molecule has 0 aliphatic heterocycles. The molecule has 0 aliphatic rings. The number of pyridine rings is 1. The lowest BCUT2D eigenvalue weighted by molar-refractivity contribution is 0.280. The van der Waals surface area contributed by atoms with E-state index in [0.29, 0.717) is 28.4 Å². The van der Waals surface area contributed by atoms with Crippen LogP contribution in [-0.2, 0) is 13.2 Å². The van der Waals surface area contributed by atoms with E-state index in [4.69, 9.17) is 11.6 Å². The number of aromatic nitrogens is 1. The van der Waals surface area contributed by atoms with E-state index in [1.54, 1.807) is 19.2 Å². The van der Waals surface area contributed by atoms with Gasteiger partial charge >= 0.3 is 0 Å². The molecule has 0 atom stereocenters. The second-order valence-electron chi connectivity index (χ2n) is 4.39. The van der Waals surface area contributed by atoms with Crippen LogP contribution in [0.15, 0.2) is 35.5 Å². The van der Waals surface area contributed by atoms with Gasteiger partial charge in [0.15, 0.2) is 0 Å². The van der Waals surface area contributed by atoms with E-state index in [2.05, 4.69) is 9.98 Å². The van der Waals surface area contributed by atoms with Crippen LogP contribution < -0.4 is 0 Å². The molecule has 104 valence electrons. The molecule has 2 rings (SSSR count). The van der Waals surface area contributed by atoms with Crippen molar-refractivity contribution in [2.45, 2.75) is 20.1 Å². The Morgan fingerprint density at radius 1 is 1.40 bits per heavy atom. The molecule has 1 aromatic heterocycles. The van der Waals surface area contributed by atoms with Gasteiger partial charge in [-0.15, -0.1) is 0 Å². The Morgan fingerprint density at radius 3 is 2.90 bits per heavy atom. The second-order valence-corrected chi connectivity index (χ2v) is 4.83. The fourth-order valence-corrected chi connectivity index (χ4v) is 2.01. The number of halogens is 1. The number of nitrogens with zero attached hydrogens (tertiary/aromatic N) is 2. The van der Waals surface area contributed by atoms with Gasteiger partial charge in [0, 0.05) is 28.6 Å². The van der Waals surface area contributed by atoms with Gasteiger partial charge in [0.25, 0.3) is 0 Å². The van der Waals surface area contributed by atoms with Crippen molar-refractivity contribution in [1.82, 2.24) is 4.98 Å². The molecule has 0 saturated carbocycles. The number of aromatic hydroxyl groups is 1. The lowest BCUT2D eigenvalue weighted by Gasteiger charge is -2.07. The minimum Gasteiger partial charge on any atom is -0.505 e. The van der Waals surface area contributed by atoms with Crippen molar-refractivity contribution in [1.29, 1.82) is 0 Å². The second kappa shape index (κ2) is 6.50. The van der Waals surface area contributed by atoms with Crippen molar-refractivity contribution in [3.63, 3.8) is 0 Å². The number of hydrogen-bond donors (Lipinski definition) is 2. The minimum absolute atomic E-state index is 0.0476. The van der Waals surface area contributed by atoms with Gasteiger partial charge in [-0.2, -0.15) is 0 Å². The molecule has 0 aliphatic carbocycles. The highest BCUT2D eigenvalue weighted by atomic mass is 35.5. The predicted molar refractivity (Wildman–Crippen MR) is 79.3 cm³/mol. The van der Waals surface area contributed by atoms with Crippen molar-refractivity contribution >= 4 is 17.8 Å². The maximum absolute atomic E-state index is 9.96. The Balaban J connectivity index is 2.21. The van der Waals surface area contributed by atoms with Gasteiger partial charge in [-0.25, -0.2) is 0 Å². The van der Waals surface area contributed by atoms with E-state index in [9.17, 15) is 10.2 Å². The molecule has 0 unspecified atom stereocenters. The Labute approximate surface area is 122 Å². The fraction of sp³-hybridized carbons (Fsp3) is 0.200. The van der Waals surface area contributed by atoms with E-state index in [0.717, 1.165) is 5.56 Å². The number of aliphatic imine (C=N–C) groups is 1. The van der Waals surface area contributed by atoms with E-state index in [-0.39, 0.29) is 12.4 Å². The summed E-state index contributed by atoms with van der Waals surface area (Å²) in [5.74, 6) is 0.0476. The number of benzene rings is 1. The van der Waals surface area contributed by atoms with Crippen molar-refractivity contribution < 1.29 is 10.2 Å². The summed E-state index contributed by atoms with van der Waals surface area (Å²) in [4.78, 5) is 8.28. The van der Waals surface area contributed by atoms with Crippen LogP contribution in [0.2, 0.25) is 5.02 Å². The van der Waals surface area contributed by atoms with Crippen LogP contribution in [0.1, 0.15) is 22.4 Å². The Hall–Kier alpha value is -1.91. The summed E-state index contributed by atoms with van der Waals surface area (Å²) >= 11 is 5.90. The summed E-state index contributed by atoms with van der Waals surface area (Å²) in [6, 6.07) is 7.43. The third-order valence-electron chi connectivity index (χ3n) is 2.91. The zero-order valence-corrected chi connectivity index (χ0v) is 11.8. The Morgan fingerprint density at radius 2 is 2.20 bits per heavy atom. The van der Waals surface area contributed by atoms with Crippen molar-refractivity contribution in [2.24, 2.45) is 4.99 Å². The van der Waals surface area contributed by atoms with E-state index in [1.807, 2.05) is 18.2 Å². The van der Waals surface area contributed by atoms with Gasteiger partial charge in [-0.3, -0.25) is 9.98 Å². The largest absolute Gasteiger partial charge is 0.505 e. The van der Waals surface area contributed by atoms with Gasteiger partial charge in [0.2, 0.25) is 0 Å². The molecule has 0 bridgehead atoms. The number of rotatable bonds is 4. The summed E-state index contributed by atoms with van der Waals surface area (Å²) in [6.45, 7) is 1.95. The van der Waals surface area contributed by atoms with Crippen molar-refractivity contribution in [2.75, 3.05) is 0 Å². The SMILES string of the molecule is Cc1ncc(CO)c(C=NCc2cccc(Cl)c2)c1O. The van der Waals surface area contributed by atoms with Gasteiger partial charge < -0.3 is 10.2 Å². The van der Waals surface area contributed by atoms with Crippen molar-refractivity contribution in [3.05, 3.63) is 57.9 Å². The summed E-state index contributed by atoms with van der Waals surface area (Å²) < 4.78 is 0. The zero-order chi connectivity index (χ0) is 14.5. The highest BCUT2D eigenvalue weighted by Crippen LogP contribution is 2.22. The van der Waals surface area contributed by atoms with Crippen molar-refractivity contribution in [3.8, 4) is 5.75 Å². The highest BCUT2D eigenvalue weighted by Gasteiger charge is 2.08. The molecule has 2 aromatic rings. The van der Waals surface area contributed by atoms with E-state index in [1.165, 1.54) is 6.20 Å². The molecule has 0 amide bonds. The van der Waals surface area contributed by atoms with Gasteiger partial charge in [0.1, 0.15) is 5.75 Å². The summed E-state index contributed by atoms with van der Waals surface area (Å²) in [5, 5.41) is 19.9. The number of aryl methyl sites for hydroxylation is 1. The third kappa shape index (κ3) is 3.35. The molecule has 0 radical (unpaired) electrons. The number of aliphatic hydroxyl groups is 1. The predicted octanol–water partition coefficient (Wildman–Crippen LogP) is 2.86. The van der Waals surface area contributed by atoms with Gasteiger partial charge in [0.05, 0.1) is 18.8 Å². The first-order valence-corrected chi connectivity index (χ1v) is 6.52. The first kappa shape index (κ1) is 14.5. The maximum atomic E-state index is 9.96. The topological polar surface area (TPSA) is 65.7 Å². The van der Waals surface area contributed by atoms with Crippen LogP contribution in [0.25, 0.3) is 0 Å². The molecule has 1 aromatic carbocycles. The number of hydrogen-bond acceptors (Lipinski definition) is 4. The van der Waals surface area contributed by atoms with E-state index < -0.39 is 0 Å². The first-order valence-electron chi connectivity index (χ1n) is 6.14. The van der Waals surface area contributed by atoms with Crippen LogP contribution in [0.5, 0.6) is 5.75 Å². The molecule has 20 heavy (non-hydrogen) atoms. The molecular formula is C15H15ClN2O2. The van der Waals surface area contributed by atoms with Gasteiger partial charge in [-0.05, 0) is 24.6 Å². The highest BCUT2D eigenvalue weighted by molar-refractivity contribution is 6.30. The quantitative estimate of drug-likeness (QED) is 0.851. The Kier molecular flexibility index (Phi) is 4.71. The third-order valence-corrected chi connectivity index (χ3v) is 3.15. The minimum atomic E-state index is -0.195. The smallest absolute Gasteiger partial charge is 0.145 e. The molecule has 4 nitrogen and oxygen atoms in total. The monoisotopic (exact) mass is 290 g/mol. The summed E-state index contributed by atoms with van der Waals surface area (Å²) in [7, 11) is 0. The Bertz CT molecular complexity index is 642. The number of aliphatic hydroxyl groups excluding tert-OH is 1. The normalized spacial score (nSPS) is 11.2. The first-order chi connectivity index (χ1) is 9.61. The average Bonchev–Trinajstić information content (AvgIpc) is 2.44. The molecule has 5 heteroatoms. The van der Waals surface area contributed by atoms with Crippen LogP contribution in [0.4, 0.5) is 0 Å². The molecule has 0 fully saturated rings. The lowest BCUT2D eigenvalue weighted by atomic mass is 10.1. The van der Waals surface area contributed by atoms with Crippen LogP contribution in [0.3, 0.4) is 0 Å². The summed E-state index contributed by atoms with van der Waals surface area (Å²) in [5.41, 5.74) is 2.53. The molecule has 0 spiro atoms. The fourth-order valence-electron chi connectivity index (χ4n) is 1.80. The maximum Gasteiger partial charge on any atom is 0.145 e.